The highest BCUT2D eigenvalue weighted by Crippen LogP contribution is 2.24. The second kappa shape index (κ2) is 16.1. The van der Waals surface area contributed by atoms with E-state index in [0.717, 1.165) is 28.6 Å². The predicted octanol–water partition coefficient (Wildman–Crippen LogP) is 4.48. The fourth-order valence-electron chi connectivity index (χ4n) is 4.70. The van der Waals surface area contributed by atoms with Gasteiger partial charge in [0.15, 0.2) is 0 Å². The van der Waals surface area contributed by atoms with Gasteiger partial charge in [0.25, 0.3) is 11.8 Å². The molecule has 3 N–H and O–H groups in total. The number of likely N-dealkylation sites (N-methyl/N-ethyl adjacent to an activating group) is 1. The number of hydrogen-bond donors (Lipinski definition) is 3. The van der Waals surface area contributed by atoms with E-state index in [4.69, 9.17) is 9.72 Å². The fourth-order valence-corrected chi connectivity index (χ4v) is 4.70. The minimum absolute atomic E-state index is 0.107. The molecule has 3 rings (SSSR count). The first-order valence-electron chi connectivity index (χ1n) is 15.1. The molecule has 0 aliphatic carbocycles. The number of aromatic nitrogens is 1. The summed E-state index contributed by atoms with van der Waals surface area (Å²) in [5, 5.41) is 8.48. The van der Waals surface area contributed by atoms with Crippen molar-refractivity contribution in [3.8, 4) is 0 Å². The zero-order valence-electron chi connectivity index (χ0n) is 26.4. The number of pyridine rings is 1. The van der Waals surface area contributed by atoms with Crippen LogP contribution in [0.25, 0.3) is 17.0 Å². The highest BCUT2D eigenvalue weighted by molar-refractivity contribution is 6.41. The summed E-state index contributed by atoms with van der Waals surface area (Å²) < 4.78 is 6.33. The number of hydrogen-bond acceptors (Lipinski definition) is 7. The molecule has 43 heavy (non-hydrogen) atoms. The van der Waals surface area contributed by atoms with Gasteiger partial charge >= 0.3 is 0 Å². The van der Waals surface area contributed by atoms with Crippen molar-refractivity contribution >= 4 is 40.4 Å². The fraction of sp³-hybridized carbons (Fsp3) is 0.485. The summed E-state index contributed by atoms with van der Waals surface area (Å²) >= 11 is 0. The van der Waals surface area contributed by atoms with E-state index in [0.29, 0.717) is 25.4 Å². The number of hydrazine groups is 1. The molecule has 0 fully saturated rings. The molecule has 0 saturated carbocycles. The molecule has 3 bridgehead atoms. The second-order valence-electron chi connectivity index (χ2n) is 11.0. The molecule has 3 amide bonds. The Kier molecular flexibility index (Phi) is 12.6. The number of nitrogens with zero attached hydrogens (tertiary/aromatic N) is 3. The van der Waals surface area contributed by atoms with Gasteiger partial charge < -0.3 is 15.4 Å². The summed E-state index contributed by atoms with van der Waals surface area (Å²) in [6.07, 6.45) is 6.63. The molecule has 1 aliphatic rings. The average Bonchev–Trinajstić information content (AvgIpc) is 2.98. The molecule has 2 aromatic rings. The van der Waals surface area contributed by atoms with E-state index in [1.807, 2.05) is 45.9 Å². The number of ether oxygens (including phenoxy) is 1. The molecule has 3 atom stereocenters. The van der Waals surface area contributed by atoms with Crippen molar-refractivity contribution in [2.24, 2.45) is 10.9 Å². The minimum atomic E-state index is -0.851. The Hall–Kier alpha value is -3.89. The molecular formula is C33H46N6O4. The molecule has 10 nitrogen and oxygen atoms in total. The zero-order valence-corrected chi connectivity index (χ0v) is 26.4. The number of amides is 3. The van der Waals surface area contributed by atoms with E-state index in [9.17, 15) is 14.4 Å². The maximum Gasteiger partial charge on any atom is 0.266 e. The van der Waals surface area contributed by atoms with Gasteiger partial charge in [-0.2, -0.15) is 0 Å². The first kappa shape index (κ1) is 33.6. The summed E-state index contributed by atoms with van der Waals surface area (Å²) in [6, 6.07) is 8.99. The number of carbonyl (C=O) groups excluding carboxylic acids is 3. The van der Waals surface area contributed by atoms with Crippen molar-refractivity contribution in [3.05, 3.63) is 59.5 Å². The molecule has 0 spiro atoms. The molecule has 2 heterocycles. The summed E-state index contributed by atoms with van der Waals surface area (Å²) in [5.74, 6) is -0.876. The van der Waals surface area contributed by atoms with Crippen LogP contribution in [0.5, 0.6) is 0 Å². The van der Waals surface area contributed by atoms with Crippen LogP contribution in [-0.2, 0) is 19.1 Å². The molecule has 232 valence electrons. The summed E-state index contributed by atoms with van der Waals surface area (Å²) in [5.41, 5.74) is 6.04. The van der Waals surface area contributed by atoms with E-state index in [-0.39, 0.29) is 42.0 Å². The van der Waals surface area contributed by atoms with Gasteiger partial charge in [0.1, 0.15) is 23.6 Å². The van der Waals surface area contributed by atoms with Gasteiger partial charge in [-0.3, -0.25) is 19.4 Å². The third-order valence-corrected chi connectivity index (χ3v) is 7.17. The molecule has 1 aromatic carbocycles. The highest BCUT2D eigenvalue weighted by atomic mass is 16.5. The van der Waals surface area contributed by atoms with Gasteiger partial charge in [0, 0.05) is 30.8 Å². The number of rotatable bonds is 2. The lowest BCUT2D eigenvalue weighted by Gasteiger charge is -2.30. The number of nitrogens with one attached hydrogen (secondary N) is 3. The Bertz CT molecular complexity index is 1380. The molecule has 1 aromatic heterocycles. The van der Waals surface area contributed by atoms with Crippen LogP contribution in [0.15, 0.2) is 53.2 Å². The first-order valence-corrected chi connectivity index (χ1v) is 15.1. The van der Waals surface area contributed by atoms with E-state index in [1.165, 1.54) is 5.01 Å². The van der Waals surface area contributed by atoms with Crippen molar-refractivity contribution in [1.82, 2.24) is 26.1 Å². The van der Waals surface area contributed by atoms with Gasteiger partial charge in [-0.25, -0.2) is 15.4 Å². The van der Waals surface area contributed by atoms with E-state index >= 15 is 0 Å². The van der Waals surface area contributed by atoms with Gasteiger partial charge in [0.05, 0.1) is 17.3 Å². The maximum atomic E-state index is 13.3. The van der Waals surface area contributed by atoms with Crippen LogP contribution >= 0.6 is 0 Å². The zero-order chi connectivity index (χ0) is 31.5. The Morgan fingerprint density at radius 1 is 1.07 bits per heavy atom. The van der Waals surface area contributed by atoms with E-state index in [1.54, 1.807) is 20.8 Å². The van der Waals surface area contributed by atoms with Gasteiger partial charge in [-0.15, -0.1) is 0 Å². The molecule has 0 radical (unpaired) electrons. The van der Waals surface area contributed by atoms with Crippen LogP contribution < -0.4 is 16.1 Å². The van der Waals surface area contributed by atoms with Crippen LogP contribution in [0, 0.1) is 5.92 Å². The summed E-state index contributed by atoms with van der Waals surface area (Å²) in [6.45, 7) is 14.3. The Labute approximate surface area is 255 Å². The molecule has 0 saturated heterocycles. The number of aliphatic imine (C=N–C) groups is 1. The third-order valence-electron chi connectivity index (χ3n) is 7.17. The Morgan fingerprint density at radius 2 is 1.81 bits per heavy atom. The molecule has 1 aliphatic heterocycles. The SMILES string of the molecule is CC=C1OC(C)c2ccc3ccc(cc3n2)C=CCCNCCC(=O)N=C(C(C)C)C(=O)NC(C)C(=O)N(CC)NC1C. The van der Waals surface area contributed by atoms with Crippen LogP contribution in [-0.4, -0.2) is 65.1 Å². The first-order chi connectivity index (χ1) is 20.5. The van der Waals surface area contributed by atoms with Crippen molar-refractivity contribution in [3.63, 3.8) is 0 Å². The number of carbonyl (C=O) groups is 3. The Balaban J connectivity index is 1.89. The average molecular weight is 591 g/mol. The lowest BCUT2D eigenvalue weighted by molar-refractivity contribution is -0.138. The maximum absolute atomic E-state index is 13.3. The van der Waals surface area contributed by atoms with Crippen molar-refractivity contribution in [1.29, 1.82) is 0 Å². The monoisotopic (exact) mass is 590 g/mol. The summed E-state index contributed by atoms with van der Waals surface area (Å²) in [4.78, 5) is 47.9. The largest absolute Gasteiger partial charge is 0.487 e. The molecule has 3 unspecified atom stereocenters. The lowest BCUT2D eigenvalue weighted by Crippen LogP contribution is -2.55. The van der Waals surface area contributed by atoms with Gasteiger partial charge in [-0.1, -0.05) is 44.2 Å². The van der Waals surface area contributed by atoms with Crippen LogP contribution in [0.3, 0.4) is 0 Å². The quantitative estimate of drug-likeness (QED) is 0.471. The topological polar surface area (TPSA) is 125 Å². The van der Waals surface area contributed by atoms with Crippen LogP contribution in [0.1, 0.15) is 78.7 Å². The molecule has 10 heteroatoms. The summed E-state index contributed by atoms with van der Waals surface area (Å²) in [7, 11) is 0. The molecular weight excluding hydrogens is 544 g/mol. The van der Waals surface area contributed by atoms with E-state index < -0.39 is 11.9 Å². The highest BCUT2D eigenvalue weighted by Gasteiger charge is 2.27. The minimum Gasteiger partial charge on any atom is -0.487 e. The smallest absolute Gasteiger partial charge is 0.266 e. The van der Waals surface area contributed by atoms with Gasteiger partial charge in [0.2, 0.25) is 5.91 Å². The second-order valence-corrected chi connectivity index (χ2v) is 11.0. The van der Waals surface area contributed by atoms with E-state index in [2.05, 4.69) is 51.4 Å². The van der Waals surface area contributed by atoms with Gasteiger partial charge in [-0.05, 0) is 71.4 Å². The van der Waals surface area contributed by atoms with Crippen molar-refractivity contribution < 1.29 is 19.1 Å². The van der Waals surface area contributed by atoms with Crippen LogP contribution in [0.4, 0.5) is 0 Å². The number of allylic oxidation sites excluding steroid dienone is 1. The Morgan fingerprint density at radius 3 is 2.51 bits per heavy atom. The van der Waals surface area contributed by atoms with Crippen LogP contribution in [0.2, 0.25) is 0 Å². The lowest BCUT2D eigenvalue weighted by atomic mass is 10.1. The van der Waals surface area contributed by atoms with Crippen molar-refractivity contribution in [2.75, 3.05) is 19.6 Å². The third kappa shape index (κ3) is 9.56. The number of benzene rings is 1. The standard InChI is InChI=1S/C33H46N6O4/c1-8-29-22(5)38-39(9-2)33(42)23(6)35-32(41)31(21(3)4)37-30(40)17-19-34-18-11-10-12-25-13-14-26-15-16-27(24(7)43-29)36-28(26)20-25/h8,10,12-16,20-24,34,38H,9,11,17-19H2,1-7H3,(H,35,41). The number of fused-ring (bicyclic) bond motifs is 2. The normalized spacial score (nSPS) is 23.3. The predicted molar refractivity (Wildman–Crippen MR) is 171 cm³/mol. The van der Waals surface area contributed by atoms with Crippen molar-refractivity contribution in [2.45, 2.75) is 79.5 Å².